The van der Waals surface area contributed by atoms with Gasteiger partial charge in [-0.05, 0) is 62.4 Å². The molecule has 2 aliphatic heterocycles. The Labute approximate surface area is 188 Å². The van der Waals surface area contributed by atoms with E-state index < -0.39 is 0 Å². The number of fused-ring (bicyclic) bond motifs is 1. The van der Waals surface area contributed by atoms with E-state index in [0.717, 1.165) is 44.0 Å². The number of nitrogens with one attached hydrogen (secondary N) is 1. The second-order valence-electron chi connectivity index (χ2n) is 9.00. The third-order valence-corrected chi connectivity index (χ3v) is 6.28. The van der Waals surface area contributed by atoms with Gasteiger partial charge in [-0.25, -0.2) is 4.39 Å². The summed E-state index contributed by atoms with van der Waals surface area (Å²) in [5.41, 5.74) is 1.58. The summed E-state index contributed by atoms with van der Waals surface area (Å²) in [5, 5.41) is 7.33. The van der Waals surface area contributed by atoms with Crippen molar-refractivity contribution in [1.82, 2.24) is 24.9 Å². The molecule has 0 spiro atoms. The van der Waals surface area contributed by atoms with Crippen LogP contribution in [0.15, 0.2) is 30.3 Å². The first-order valence-electron chi connectivity index (χ1n) is 11.6. The topological polar surface area (TPSA) is 70.5 Å². The van der Waals surface area contributed by atoms with Gasteiger partial charge < -0.3 is 15.1 Å². The zero-order valence-corrected chi connectivity index (χ0v) is 18.7. The van der Waals surface area contributed by atoms with Crippen molar-refractivity contribution < 1.29 is 14.0 Å². The lowest BCUT2D eigenvalue weighted by Gasteiger charge is -2.30. The fraction of sp³-hybridized carbons (Fsp3) is 0.542. The molecule has 172 valence electrons. The summed E-state index contributed by atoms with van der Waals surface area (Å²) in [7, 11) is 0. The Morgan fingerprint density at radius 3 is 2.78 bits per heavy atom. The molecule has 0 bridgehead atoms. The van der Waals surface area contributed by atoms with Crippen molar-refractivity contribution in [3.05, 3.63) is 53.1 Å². The number of halogens is 1. The molecule has 1 aromatic heterocycles. The molecule has 1 atom stereocenters. The lowest BCUT2D eigenvalue weighted by molar-refractivity contribution is 0.0745. The number of benzene rings is 1. The van der Waals surface area contributed by atoms with Gasteiger partial charge in [0.15, 0.2) is 5.69 Å². The Bertz CT molecular complexity index is 942. The third-order valence-electron chi connectivity index (χ3n) is 6.28. The predicted molar refractivity (Wildman–Crippen MR) is 120 cm³/mol. The van der Waals surface area contributed by atoms with Gasteiger partial charge >= 0.3 is 0 Å². The van der Waals surface area contributed by atoms with E-state index in [2.05, 4.69) is 22.2 Å². The van der Waals surface area contributed by atoms with Crippen LogP contribution in [0, 0.1) is 11.7 Å². The number of hydrogen-bond donors (Lipinski definition) is 1. The Morgan fingerprint density at radius 1 is 1.19 bits per heavy atom. The van der Waals surface area contributed by atoms with E-state index in [1.54, 1.807) is 27.8 Å². The van der Waals surface area contributed by atoms with Crippen molar-refractivity contribution in [3.8, 4) is 0 Å². The van der Waals surface area contributed by atoms with Crippen LogP contribution in [0.3, 0.4) is 0 Å². The van der Waals surface area contributed by atoms with Crippen LogP contribution in [-0.2, 0) is 13.1 Å². The molecular weight excluding hydrogens is 409 g/mol. The molecule has 1 fully saturated rings. The van der Waals surface area contributed by atoms with E-state index in [4.69, 9.17) is 0 Å². The zero-order chi connectivity index (χ0) is 22.5. The first-order chi connectivity index (χ1) is 15.5. The highest BCUT2D eigenvalue weighted by Crippen LogP contribution is 2.17. The minimum atomic E-state index is -0.296. The second kappa shape index (κ2) is 10.3. The summed E-state index contributed by atoms with van der Waals surface area (Å²) in [6, 6.07) is 7.77. The van der Waals surface area contributed by atoms with Crippen molar-refractivity contribution in [1.29, 1.82) is 0 Å². The van der Waals surface area contributed by atoms with Crippen LogP contribution in [0.4, 0.5) is 4.39 Å². The Morgan fingerprint density at radius 2 is 2.00 bits per heavy atom. The first kappa shape index (κ1) is 22.5. The lowest BCUT2D eigenvalue weighted by atomic mass is 10.0. The first-order valence-corrected chi connectivity index (χ1v) is 11.6. The van der Waals surface area contributed by atoms with E-state index in [0.29, 0.717) is 31.9 Å². The molecule has 7 nitrogen and oxygen atoms in total. The van der Waals surface area contributed by atoms with Crippen LogP contribution < -0.4 is 5.32 Å². The molecule has 1 N–H and O–H groups in total. The van der Waals surface area contributed by atoms with Gasteiger partial charge in [0.25, 0.3) is 11.8 Å². The number of carbonyl (C=O) groups is 2. The Hall–Kier alpha value is -2.74. The third kappa shape index (κ3) is 5.54. The van der Waals surface area contributed by atoms with Crippen LogP contribution >= 0.6 is 0 Å². The molecule has 8 heteroatoms. The summed E-state index contributed by atoms with van der Waals surface area (Å²) in [5.74, 6) is 0.0580. The fourth-order valence-corrected chi connectivity index (χ4v) is 4.59. The number of amides is 2. The number of nitrogens with zero attached hydrogens (tertiary/aromatic N) is 4. The molecule has 32 heavy (non-hydrogen) atoms. The summed E-state index contributed by atoms with van der Waals surface area (Å²) in [6.45, 7) is 7.73. The number of aryl methyl sites for hydroxylation is 1. The van der Waals surface area contributed by atoms with E-state index in [1.165, 1.54) is 25.0 Å². The van der Waals surface area contributed by atoms with Gasteiger partial charge in [0.05, 0.1) is 0 Å². The van der Waals surface area contributed by atoms with E-state index in [9.17, 15) is 14.0 Å². The maximum absolute atomic E-state index is 13.2. The van der Waals surface area contributed by atoms with Crippen LogP contribution in [0.1, 0.15) is 59.1 Å². The van der Waals surface area contributed by atoms with Crippen LogP contribution in [0.2, 0.25) is 0 Å². The van der Waals surface area contributed by atoms with E-state index in [1.807, 2.05) is 0 Å². The fourth-order valence-electron chi connectivity index (χ4n) is 4.59. The highest BCUT2D eigenvalue weighted by atomic mass is 19.1. The smallest absolute Gasteiger partial charge is 0.272 e. The molecule has 1 saturated heterocycles. The van der Waals surface area contributed by atoms with Gasteiger partial charge in [-0.15, -0.1) is 0 Å². The number of hydrogen-bond acceptors (Lipinski definition) is 4. The van der Waals surface area contributed by atoms with Crippen molar-refractivity contribution >= 4 is 11.8 Å². The van der Waals surface area contributed by atoms with Gasteiger partial charge in [0.2, 0.25) is 0 Å². The van der Waals surface area contributed by atoms with Crippen LogP contribution in [0.25, 0.3) is 0 Å². The Balaban J connectivity index is 1.32. The molecule has 0 aliphatic carbocycles. The lowest BCUT2D eigenvalue weighted by Crippen LogP contribution is -2.36. The maximum atomic E-state index is 13.2. The highest BCUT2D eigenvalue weighted by molar-refractivity contribution is 5.98. The van der Waals surface area contributed by atoms with Crippen LogP contribution in [-0.4, -0.2) is 64.1 Å². The normalized spacial score (nSPS) is 19.5. The van der Waals surface area contributed by atoms with Crippen molar-refractivity contribution in [2.75, 3.05) is 32.7 Å². The van der Waals surface area contributed by atoms with Crippen molar-refractivity contribution in [2.24, 2.45) is 5.92 Å². The molecule has 1 aromatic carbocycles. The zero-order valence-electron chi connectivity index (χ0n) is 18.7. The van der Waals surface area contributed by atoms with Gasteiger partial charge in [-0.3, -0.25) is 14.3 Å². The maximum Gasteiger partial charge on any atom is 0.272 e. The van der Waals surface area contributed by atoms with E-state index >= 15 is 0 Å². The molecule has 2 aliphatic rings. The SMILES string of the molecule is CC1CCCN(CCCNC(=O)c2cc3n(n2)CCCN(Cc2ccc(F)cc2)C3=O)C1. The summed E-state index contributed by atoms with van der Waals surface area (Å²) in [6.07, 6.45) is 4.20. The van der Waals surface area contributed by atoms with Crippen LogP contribution in [0.5, 0.6) is 0 Å². The second-order valence-corrected chi connectivity index (χ2v) is 9.00. The monoisotopic (exact) mass is 441 g/mol. The summed E-state index contributed by atoms with van der Waals surface area (Å²) >= 11 is 0. The Kier molecular flexibility index (Phi) is 7.19. The number of likely N-dealkylation sites (tertiary alicyclic amines) is 1. The number of piperidine rings is 1. The van der Waals surface area contributed by atoms with Gasteiger partial charge in [0.1, 0.15) is 11.5 Å². The molecule has 0 saturated carbocycles. The minimum Gasteiger partial charge on any atom is -0.351 e. The van der Waals surface area contributed by atoms with Gasteiger partial charge in [0, 0.05) is 38.8 Å². The number of carbonyl (C=O) groups excluding carboxylic acids is 2. The quantitative estimate of drug-likeness (QED) is 0.671. The van der Waals surface area contributed by atoms with E-state index in [-0.39, 0.29) is 23.3 Å². The van der Waals surface area contributed by atoms with Crippen molar-refractivity contribution in [3.63, 3.8) is 0 Å². The highest BCUT2D eigenvalue weighted by Gasteiger charge is 2.26. The molecule has 1 unspecified atom stereocenters. The average Bonchev–Trinajstić information content (AvgIpc) is 3.15. The largest absolute Gasteiger partial charge is 0.351 e. The molecule has 2 aromatic rings. The molecule has 0 radical (unpaired) electrons. The number of rotatable bonds is 7. The van der Waals surface area contributed by atoms with Gasteiger partial charge in [-0.2, -0.15) is 5.10 Å². The summed E-state index contributed by atoms with van der Waals surface area (Å²) in [4.78, 5) is 29.9. The standard InChI is InChI=1S/C24H32FN5O2/c1-18-5-2-11-28(16-18)12-3-10-26-23(31)21-15-22-24(32)29(13-4-14-30(22)27-21)17-19-6-8-20(25)9-7-19/h6-9,15,18H,2-5,10-14,16-17H2,1H3,(H,26,31). The molecule has 2 amide bonds. The average molecular weight is 442 g/mol. The molecular formula is C24H32FN5O2. The van der Waals surface area contributed by atoms with Gasteiger partial charge in [-0.1, -0.05) is 19.1 Å². The predicted octanol–water partition coefficient (Wildman–Crippen LogP) is 2.92. The minimum absolute atomic E-state index is 0.155. The van der Waals surface area contributed by atoms with Crippen molar-refractivity contribution in [2.45, 2.75) is 45.7 Å². The molecule has 4 rings (SSSR count). The summed E-state index contributed by atoms with van der Waals surface area (Å²) < 4.78 is 14.8. The number of aromatic nitrogens is 2. The molecule has 3 heterocycles.